The highest BCUT2D eigenvalue weighted by Gasteiger charge is 2.27. The molecule has 0 aromatic carbocycles. The number of fused-ring (bicyclic) bond motifs is 3. The molecule has 0 unspecified atom stereocenters. The number of carbonyl (C=O) groups is 1. The minimum absolute atomic E-state index is 0.00690. The summed E-state index contributed by atoms with van der Waals surface area (Å²) in [4.78, 5) is 18.3. The molecular weight excluding hydrogens is 313 g/mol. The van der Waals surface area contributed by atoms with Crippen LogP contribution in [0.2, 0.25) is 0 Å². The molecule has 0 N–H and O–H groups in total. The van der Waals surface area contributed by atoms with Crippen LogP contribution in [-0.4, -0.2) is 47.2 Å². The summed E-state index contributed by atoms with van der Waals surface area (Å²) < 4.78 is 27.1. The van der Waals surface area contributed by atoms with Crippen molar-refractivity contribution in [3.8, 4) is 5.75 Å². The molecular formula is C17H22FN3O3. The fourth-order valence-corrected chi connectivity index (χ4v) is 2.98. The van der Waals surface area contributed by atoms with Crippen molar-refractivity contribution >= 4 is 16.9 Å². The van der Waals surface area contributed by atoms with E-state index in [1.165, 1.54) is 7.11 Å². The summed E-state index contributed by atoms with van der Waals surface area (Å²) in [6, 6.07) is 1.65. The van der Waals surface area contributed by atoms with Gasteiger partial charge >= 0.3 is 0 Å². The first-order chi connectivity index (χ1) is 11.7. The molecule has 0 saturated heterocycles. The van der Waals surface area contributed by atoms with E-state index in [0.717, 1.165) is 6.42 Å². The monoisotopic (exact) mass is 335 g/mol. The number of hydrogen-bond donors (Lipinski definition) is 0. The highest BCUT2D eigenvalue weighted by molar-refractivity contribution is 5.81. The van der Waals surface area contributed by atoms with Crippen molar-refractivity contribution in [3.63, 3.8) is 0 Å². The lowest BCUT2D eigenvalue weighted by atomic mass is 10.2. The summed E-state index contributed by atoms with van der Waals surface area (Å²) in [5.74, 6) is 0.189. The third kappa shape index (κ3) is 3.08. The van der Waals surface area contributed by atoms with E-state index in [4.69, 9.17) is 9.47 Å². The fraction of sp³-hybridized carbons (Fsp3) is 0.529. The molecule has 0 bridgehead atoms. The molecule has 0 saturated carbocycles. The van der Waals surface area contributed by atoms with Crippen LogP contribution in [0.25, 0.3) is 11.0 Å². The zero-order valence-electron chi connectivity index (χ0n) is 14.0. The molecule has 0 fully saturated rings. The zero-order valence-corrected chi connectivity index (χ0v) is 14.0. The Bertz CT molecular complexity index is 744. The average molecular weight is 335 g/mol. The van der Waals surface area contributed by atoms with E-state index in [1.807, 2.05) is 11.5 Å². The molecule has 2 aromatic heterocycles. The number of hydrogen-bond acceptors (Lipinski definition) is 4. The number of amides is 1. The minimum Gasteiger partial charge on any atom is -0.495 e. The first kappa shape index (κ1) is 16.7. The van der Waals surface area contributed by atoms with Gasteiger partial charge in [0.05, 0.1) is 44.0 Å². The molecule has 3 rings (SSSR count). The van der Waals surface area contributed by atoms with Crippen LogP contribution >= 0.6 is 0 Å². The summed E-state index contributed by atoms with van der Waals surface area (Å²) in [5.41, 5.74) is 1.10. The third-order valence-electron chi connectivity index (χ3n) is 4.24. The molecule has 0 spiro atoms. The van der Waals surface area contributed by atoms with E-state index < -0.39 is 0 Å². The van der Waals surface area contributed by atoms with Crippen molar-refractivity contribution in [1.82, 2.24) is 14.5 Å². The lowest BCUT2D eigenvalue weighted by molar-refractivity contribution is -0.133. The van der Waals surface area contributed by atoms with Gasteiger partial charge in [-0.15, -0.1) is 0 Å². The normalized spacial score (nSPS) is 14.0. The van der Waals surface area contributed by atoms with Crippen molar-refractivity contribution in [2.45, 2.75) is 32.9 Å². The second-order valence-corrected chi connectivity index (χ2v) is 5.84. The number of aromatic nitrogens is 2. The van der Waals surface area contributed by atoms with Crippen molar-refractivity contribution in [3.05, 3.63) is 23.8 Å². The molecule has 0 atom stereocenters. The van der Waals surface area contributed by atoms with Crippen molar-refractivity contribution in [2.75, 3.05) is 26.9 Å². The second-order valence-electron chi connectivity index (χ2n) is 5.84. The summed E-state index contributed by atoms with van der Waals surface area (Å²) >= 11 is 0. The Morgan fingerprint density at radius 2 is 2.21 bits per heavy atom. The van der Waals surface area contributed by atoms with Crippen LogP contribution in [0.3, 0.4) is 0 Å². The van der Waals surface area contributed by atoms with Crippen molar-refractivity contribution in [1.29, 1.82) is 0 Å². The van der Waals surface area contributed by atoms with Gasteiger partial charge in [0, 0.05) is 19.7 Å². The second kappa shape index (κ2) is 7.17. The van der Waals surface area contributed by atoms with E-state index >= 15 is 0 Å². The Balaban J connectivity index is 1.77. The van der Waals surface area contributed by atoms with E-state index in [-0.39, 0.29) is 18.3 Å². The predicted molar refractivity (Wildman–Crippen MR) is 87.4 cm³/mol. The fourth-order valence-electron chi connectivity index (χ4n) is 2.98. The topological polar surface area (TPSA) is 56.6 Å². The van der Waals surface area contributed by atoms with Gasteiger partial charge in [0.15, 0.2) is 5.82 Å². The van der Waals surface area contributed by atoms with Crippen LogP contribution in [0.4, 0.5) is 4.39 Å². The molecule has 3 heterocycles. The highest BCUT2D eigenvalue weighted by atomic mass is 19.1. The summed E-state index contributed by atoms with van der Waals surface area (Å²) in [6.07, 6.45) is 2.84. The molecule has 1 aliphatic heterocycles. The van der Waals surface area contributed by atoms with E-state index in [0.29, 0.717) is 55.2 Å². The van der Waals surface area contributed by atoms with Gasteiger partial charge in [-0.05, 0) is 12.5 Å². The quantitative estimate of drug-likeness (QED) is 0.761. The molecule has 130 valence electrons. The number of ether oxygens (including phenoxy) is 2. The van der Waals surface area contributed by atoms with E-state index in [9.17, 15) is 9.18 Å². The van der Waals surface area contributed by atoms with Gasteiger partial charge in [0.25, 0.3) is 0 Å². The zero-order chi connectivity index (χ0) is 17.1. The van der Waals surface area contributed by atoms with Gasteiger partial charge in [-0.25, -0.2) is 9.37 Å². The van der Waals surface area contributed by atoms with Crippen LogP contribution in [-0.2, 0) is 22.6 Å². The lowest BCUT2D eigenvalue weighted by Crippen LogP contribution is -2.38. The van der Waals surface area contributed by atoms with Crippen LogP contribution in [0, 0.1) is 5.82 Å². The Hall–Kier alpha value is -2.15. The molecule has 24 heavy (non-hydrogen) atoms. The van der Waals surface area contributed by atoms with Gasteiger partial charge in [0.1, 0.15) is 11.4 Å². The first-order valence-electron chi connectivity index (χ1n) is 8.21. The van der Waals surface area contributed by atoms with Gasteiger partial charge in [-0.3, -0.25) is 4.79 Å². The predicted octanol–water partition coefficient (Wildman–Crippen LogP) is 2.34. The van der Waals surface area contributed by atoms with Crippen molar-refractivity contribution < 1.29 is 18.7 Å². The molecule has 6 nitrogen and oxygen atoms in total. The standard InChI is InChI=1S/C17H22FN3O3/c1-3-7-24-8-4-15(22)20-5-6-21-14(11-20)16(18)13-9-12(23-2)10-19-17(13)21/h9-10H,3-8,11H2,1-2H3. The van der Waals surface area contributed by atoms with Gasteiger partial charge in [0.2, 0.25) is 5.91 Å². The number of halogens is 1. The van der Waals surface area contributed by atoms with Crippen LogP contribution in [0.5, 0.6) is 5.75 Å². The maximum absolute atomic E-state index is 14.7. The largest absolute Gasteiger partial charge is 0.495 e. The average Bonchev–Trinajstić information content (AvgIpc) is 2.90. The third-order valence-corrected chi connectivity index (χ3v) is 4.24. The van der Waals surface area contributed by atoms with Gasteiger partial charge in [-0.2, -0.15) is 0 Å². The highest BCUT2D eigenvalue weighted by Crippen LogP contribution is 2.29. The Morgan fingerprint density at radius 3 is 2.96 bits per heavy atom. The molecule has 7 heteroatoms. The van der Waals surface area contributed by atoms with Crippen LogP contribution in [0.1, 0.15) is 25.5 Å². The Labute approximate surface area is 140 Å². The van der Waals surface area contributed by atoms with Crippen molar-refractivity contribution in [2.24, 2.45) is 0 Å². The SMILES string of the molecule is CCCOCCC(=O)N1CCn2c(c(F)c3cc(OC)cnc32)C1. The first-order valence-corrected chi connectivity index (χ1v) is 8.21. The van der Waals surface area contributed by atoms with Gasteiger partial charge < -0.3 is 18.9 Å². The smallest absolute Gasteiger partial charge is 0.225 e. The van der Waals surface area contributed by atoms with Crippen LogP contribution < -0.4 is 4.74 Å². The maximum Gasteiger partial charge on any atom is 0.225 e. The molecule has 1 aliphatic rings. The molecule has 2 aromatic rings. The Morgan fingerprint density at radius 1 is 1.38 bits per heavy atom. The molecule has 0 radical (unpaired) electrons. The number of methoxy groups -OCH3 is 1. The number of nitrogens with zero attached hydrogens (tertiary/aromatic N) is 3. The van der Waals surface area contributed by atoms with Gasteiger partial charge in [-0.1, -0.05) is 6.92 Å². The molecule has 0 aliphatic carbocycles. The maximum atomic E-state index is 14.7. The lowest BCUT2D eigenvalue weighted by Gasteiger charge is -2.28. The number of carbonyl (C=O) groups excluding carboxylic acids is 1. The number of rotatable bonds is 6. The van der Waals surface area contributed by atoms with E-state index in [2.05, 4.69) is 4.98 Å². The minimum atomic E-state index is -0.323. The number of pyridine rings is 1. The summed E-state index contributed by atoms with van der Waals surface area (Å²) in [5, 5.41) is 0.435. The summed E-state index contributed by atoms with van der Waals surface area (Å²) in [6.45, 7) is 4.44. The summed E-state index contributed by atoms with van der Waals surface area (Å²) in [7, 11) is 1.53. The molecule has 1 amide bonds. The Kier molecular flexibility index (Phi) is 4.99. The van der Waals surface area contributed by atoms with Crippen LogP contribution in [0.15, 0.2) is 12.3 Å². The van der Waals surface area contributed by atoms with E-state index in [1.54, 1.807) is 17.2 Å².